The lowest BCUT2D eigenvalue weighted by Gasteiger charge is -2.58. The second-order valence-electron chi connectivity index (χ2n) is 8.17. The van der Waals surface area contributed by atoms with Crippen LogP contribution in [0.2, 0.25) is 5.02 Å². The van der Waals surface area contributed by atoms with Crippen molar-refractivity contribution in [2.75, 3.05) is 19.6 Å². The molecule has 1 aromatic heterocycles. The average molecular weight is 432 g/mol. The third-order valence-electron chi connectivity index (χ3n) is 6.18. The molecule has 0 radical (unpaired) electrons. The van der Waals surface area contributed by atoms with Crippen LogP contribution < -0.4 is 0 Å². The number of aliphatic hydroxyl groups is 1. The molecule has 4 heterocycles. The van der Waals surface area contributed by atoms with Crippen molar-refractivity contribution in [3.63, 3.8) is 0 Å². The molecule has 1 spiro atoms. The molecule has 8 heteroatoms. The molecular formula is C21H22ClN3O3S. The number of benzene rings is 1. The van der Waals surface area contributed by atoms with E-state index in [1.807, 2.05) is 23.1 Å². The summed E-state index contributed by atoms with van der Waals surface area (Å²) < 4.78 is 0. The predicted molar refractivity (Wildman–Crippen MR) is 110 cm³/mol. The summed E-state index contributed by atoms with van der Waals surface area (Å²) in [6.07, 6.45) is -0.198. The highest BCUT2D eigenvalue weighted by Gasteiger charge is 2.64. The molecule has 2 aromatic rings. The Hall–Kier alpha value is -1.77. The van der Waals surface area contributed by atoms with Crippen molar-refractivity contribution in [1.82, 2.24) is 14.7 Å². The number of hydrogen-bond donors (Lipinski definition) is 1. The molecular weight excluding hydrogens is 410 g/mol. The first-order chi connectivity index (χ1) is 14.0. The van der Waals surface area contributed by atoms with E-state index in [0.29, 0.717) is 31.1 Å². The fourth-order valence-electron chi connectivity index (χ4n) is 4.89. The minimum atomic E-state index is -0.730. The maximum absolute atomic E-state index is 13.6. The monoisotopic (exact) mass is 431 g/mol. The van der Waals surface area contributed by atoms with E-state index in [1.165, 1.54) is 9.78 Å². The van der Waals surface area contributed by atoms with Crippen LogP contribution >= 0.6 is 22.9 Å². The first-order valence-corrected chi connectivity index (χ1v) is 11.0. The molecule has 152 valence electrons. The van der Waals surface area contributed by atoms with Gasteiger partial charge in [-0.25, -0.2) is 0 Å². The first-order valence-electron chi connectivity index (χ1n) is 9.76. The van der Waals surface area contributed by atoms with Gasteiger partial charge < -0.3 is 5.11 Å². The molecule has 3 aliphatic heterocycles. The summed E-state index contributed by atoms with van der Waals surface area (Å²) >= 11 is 7.79. The zero-order chi connectivity index (χ0) is 20.2. The van der Waals surface area contributed by atoms with E-state index < -0.39 is 17.7 Å². The summed E-state index contributed by atoms with van der Waals surface area (Å²) in [6, 6.07) is 10.9. The van der Waals surface area contributed by atoms with Gasteiger partial charge in [0.25, 0.3) is 5.91 Å². The van der Waals surface area contributed by atoms with Crippen LogP contribution in [-0.4, -0.2) is 68.9 Å². The van der Waals surface area contributed by atoms with Crippen LogP contribution in [0.1, 0.15) is 16.9 Å². The Balaban J connectivity index is 1.41. The van der Waals surface area contributed by atoms with Crippen molar-refractivity contribution in [3.05, 3.63) is 57.2 Å². The normalized spacial score (nSPS) is 26.8. The molecule has 0 aliphatic carbocycles. The minimum absolute atomic E-state index is 0.157. The Kier molecular flexibility index (Phi) is 4.75. The number of piperazine rings is 1. The van der Waals surface area contributed by atoms with Gasteiger partial charge in [-0.2, -0.15) is 0 Å². The van der Waals surface area contributed by atoms with E-state index in [4.69, 9.17) is 11.6 Å². The fraction of sp³-hybridized carbons (Fsp3) is 0.429. The lowest BCUT2D eigenvalue weighted by molar-refractivity contribution is -0.181. The van der Waals surface area contributed by atoms with E-state index in [0.717, 1.165) is 12.1 Å². The molecule has 6 nitrogen and oxygen atoms in total. The zero-order valence-corrected chi connectivity index (χ0v) is 17.4. The van der Waals surface area contributed by atoms with Gasteiger partial charge in [0, 0.05) is 36.1 Å². The molecule has 2 atom stereocenters. The highest BCUT2D eigenvalue weighted by molar-refractivity contribution is 7.09. The number of hydrogen-bond acceptors (Lipinski definition) is 6. The Bertz CT molecular complexity index is 944. The maximum Gasteiger partial charge on any atom is 0.252 e. The molecule has 1 N–H and O–H groups in total. The van der Waals surface area contributed by atoms with E-state index in [2.05, 4.69) is 16.3 Å². The molecule has 3 saturated heterocycles. The van der Waals surface area contributed by atoms with E-state index in [-0.39, 0.29) is 18.4 Å². The van der Waals surface area contributed by atoms with Crippen molar-refractivity contribution in [1.29, 1.82) is 0 Å². The summed E-state index contributed by atoms with van der Waals surface area (Å²) in [5.41, 5.74) is 0.0995. The lowest BCUT2D eigenvalue weighted by Crippen LogP contribution is -2.81. The largest absolute Gasteiger partial charge is 0.392 e. The van der Waals surface area contributed by atoms with Crippen LogP contribution in [0.25, 0.3) is 0 Å². The zero-order valence-electron chi connectivity index (χ0n) is 15.8. The van der Waals surface area contributed by atoms with E-state index in [1.54, 1.807) is 23.5 Å². The van der Waals surface area contributed by atoms with Crippen molar-refractivity contribution in [2.24, 2.45) is 0 Å². The summed E-state index contributed by atoms with van der Waals surface area (Å²) in [6.45, 7) is 2.54. The molecule has 5 rings (SSSR count). The minimum Gasteiger partial charge on any atom is -0.392 e. The second kappa shape index (κ2) is 7.18. The summed E-state index contributed by atoms with van der Waals surface area (Å²) in [5.74, 6) is -0.371. The van der Waals surface area contributed by atoms with Crippen LogP contribution in [0.15, 0.2) is 41.8 Å². The van der Waals surface area contributed by atoms with Gasteiger partial charge in [0.15, 0.2) is 0 Å². The van der Waals surface area contributed by atoms with Crippen molar-refractivity contribution >= 4 is 34.8 Å². The predicted octanol–water partition coefficient (Wildman–Crippen LogP) is 1.96. The summed E-state index contributed by atoms with van der Waals surface area (Å²) in [4.78, 5) is 33.5. The van der Waals surface area contributed by atoms with Crippen LogP contribution in [0.3, 0.4) is 0 Å². The Morgan fingerprint density at radius 1 is 1.17 bits per heavy atom. The van der Waals surface area contributed by atoms with E-state index >= 15 is 0 Å². The number of amides is 2. The van der Waals surface area contributed by atoms with Crippen LogP contribution in [0.5, 0.6) is 0 Å². The van der Waals surface area contributed by atoms with Gasteiger partial charge in [-0.3, -0.25) is 24.3 Å². The van der Waals surface area contributed by atoms with E-state index in [9.17, 15) is 14.7 Å². The number of thiophene rings is 1. The number of halogens is 1. The molecule has 0 bridgehead atoms. The van der Waals surface area contributed by atoms with Crippen molar-refractivity contribution in [3.8, 4) is 0 Å². The van der Waals surface area contributed by atoms with Gasteiger partial charge in [0.05, 0.1) is 18.7 Å². The van der Waals surface area contributed by atoms with Gasteiger partial charge in [-0.1, -0.05) is 29.8 Å². The number of imide groups is 1. The number of nitrogens with zero attached hydrogens (tertiary/aromatic N) is 3. The van der Waals surface area contributed by atoms with Gasteiger partial charge in [0.1, 0.15) is 5.54 Å². The number of aliphatic hydroxyl groups excluding tert-OH is 1. The van der Waals surface area contributed by atoms with Gasteiger partial charge in [0.2, 0.25) is 5.91 Å². The molecule has 29 heavy (non-hydrogen) atoms. The van der Waals surface area contributed by atoms with Gasteiger partial charge in [-0.05, 0) is 35.6 Å². The number of likely N-dealkylation sites (tertiary alicyclic amines) is 1. The standard InChI is InChI=1S/C21H22ClN3O3S/c22-15-4-1-3-14(7-15)9-24-19(27)18-8-16(26)10-25(18)21(20(24)28)12-23(13-21)11-17-5-2-6-29-17/h1-7,16,18,26H,8-13H2/t16-,18+/m1/s1. The number of rotatable bonds is 4. The number of carbonyl (C=O) groups is 2. The SMILES string of the molecule is O=C1[C@@H]2C[C@@H](O)CN2C2(CN(Cc3cccs3)C2)C(=O)N1Cc1cccc(Cl)c1. The topological polar surface area (TPSA) is 64.1 Å². The Morgan fingerprint density at radius 2 is 2.00 bits per heavy atom. The van der Waals surface area contributed by atoms with Crippen LogP contribution in [-0.2, 0) is 22.7 Å². The summed E-state index contributed by atoms with van der Waals surface area (Å²) in [7, 11) is 0. The molecule has 3 fully saturated rings. The Morgan fingerprint density at radius 3 is 2.72 bits per heavy atom. The molecule has 0 saturated carbocycles. The quantitative estimate of drug-likeness (QED) is 0.750. The summed E-state index contributed by atoms with van der Waals surface area (Å²) in [5, 5.41) is 12.9. The van der Waals surface area contributed by atoms with Crippen molar-refractivity contribution < 1.29 is 14.7 Å². The maximum atomic E-state index is 13.6. The highest BCUT2D eigenvalue weighted by Crippen LogP contribution is 2.41. The fourth-order valence-corrected chi connectivity index (χ4v) is 5.85. The number of β-amino-alcohol motifs (C(OH)–C–C–N with tert-alkyl or cyclic N) is 1. The van der Waals surface area contributed by atoms with Gasteiger partial charge >= 0.3 is 0 Å². The lowest BCUT2D eigenvalue weighted by atomic mass is 9.82. The van der Waals surface area contributed by atoms with Crippen molar-refractivity contribution in [2.45, 2.75) is 37.2 Å². The molecule has 1 aromatic carbocycles. The first kappa shape index (κ1) is 19.2. The third kappa shape index (κ3) is 3.21. The number of carbonyl (C=O) groups excluding carboxylic acids is 2. The highest BCUT2D eigenvalue weighted by atomic mass is 35.5. The number of fused-ring (bicyclic) bond motifs is 2. The smallest absolute Gasteiger partial charge is 0.252 e. The molecule has 3 aliphatic rings. The van der Waals surface area contributed by atoms with Crippen LogP contribution in [0, 0.1) is 0 Å². The molecule has 2 amide bonds. The van der Waals surface area contributed by atoms with Gasteiger partial charge in [-0.15, -0.1) is 11.3 Å². The molecule has 0 unspecified atom stereocenters. The average Bonchev–Trinajstić information content (AvgIpc) is 3.30. The third-order valence-corrected chi connectivity index (χ3v) is 7.28. The Labute approximate surface area is 178 Å². The second-order valence-corrected chi connectivity index (χ2v) is 9.64. The van der Waals surface area contributed by atoms with Crippen LogP contribution in [0.4, 0.5) is 0 Å².